The minimum atomic E-state index is -0.717. The highest BCUT2D eigenvalue weighted by atomic mass is 19.1. The molecule has 0 saturated carbocycles. The standard InChI is InChI=1S/C14H14F2N2/c1-14(17,13-7-6-12(16)9-18-13)8-10-2-4-11(15)5-3-10/h2-7,9H,8,17H2,1H3. The van der Waals surface area contributed by atoms with Gasteiger partial charge >= 0.3 is 0 Å². The lowest BCUT2D eigenvalue weighted by atomic mass is 9.90. The Morgan fingerprint density at radius 1 is 1.06 bits per heavy atom. The molecule has 1 unspecified atom stereocenters. The average Bonchev–Trinajstić information content (AvgIpc) is 2.32. The first kappa shape index (κ1) is 12.6. The van der Waals surface area contributed by atoms with Gasteiger partial charge in [0.15, 0.2) is 0 Å². The van der Waals surface area contributed by atoms with Crippen LogP contribution in [-0.2, 0) is 12.0 Å². The van der Waals surface area contributed by atoms with Gasteiger partial charge < -0.3 is 5.73 Å². The van der Waals surface area contributed by atoms with Crippen molar-refractivity contribution < 1.29 is 8.78 Å². The molecule has 4 heteroatoms. The van der Waals surface area contributed by atoms with Crippen molar-refractivity contribution in [2.45, 2.75) is 18.9 Å². The molecule has 0 amide bonds. The Bertz CT molecular complexity index is 518. The predicted octanol–water partition coefficient (Wildman–Crippen LogP) is 2.78. The van der Waals surface area contributed by atoms with Crippen LogP contribution in [-0.4, -0.2) is 4.98 Å². The highest BCUT2D eigenvalue weighted by Crippen LogP contribution is 2.21. The highest BCUT2D eigenvalue weighted by molar-refractivity contribution is 5.23. The van der Waals surface area contributed by atoms with Gasteiger partial charge in [-0.05, 0) is 43.2 Å². The van der Waals surface area contributed by atoms with Crippen LogP contribution in [0.15, 0.2) is 42.6 Å². The molecule has 0 spiro atoms. The van der Waals surface area contributed by atoms with Gasteiger partial charge in [-0.25, -0.2) is 8.78 Å². The van der Waals surface area contributed by atoms with Crippen LogP contribution in [0, 0.1) is 11.6 Å². The van der Waals surface area contributed by atoms with Crippen molar-refractivity contribution in [2.24, 2.45) is 5.73 Å². The second-order valence-electron chi connectivity index (χ2n) is 4.58. The summed E-state index contributed by atoms with van der Waals surface area (Å²) in [7, 11) is 0. The van der Waals surface area contributed by atoms with E-state index in [1.165, 1.54) is 18.2 Å². The summed E-state index contributed by atoms with van der Waals surface area (Å²) < 4.78 is 25.6. The third-order valence-electron chi connectivity index (χ3n) is 2.80. The Morgan fingerprint density at radius 2 is 1.67 bits per heavy atom. The van der Waals surface area contributed by atoms with E-state index >= 15 is 0 Å². The first-order valence-electron chi connectivity index (χ1n) is 5.63. The topological polar surface area (TPSA) is 38.9 Å². The van der Waals surface area contributed by atoms with Gasteiger partial charge in [0, 0.05) is 0 Å². The summed E-state index contributed by atoms with van der Waals surface area (Å²) >= 11 is 0. The molecule has 94 valence electrons. The summed E-state index contributed by atoms with van der Waals surface area (Å²) in [6, 6.07) is 9.05. The van der Waals surface area contributed by atoms with Crippen LogP contribution in [0.3, 0.4) is 0 Å². The molecule has 0 aliphatic rings. The van der Waals surface area contributed by atoms with Gasteiger partial charge in [-0.2, -0.15) is 0 Å². The van der Waals surface area contributed by atoms with Gasteiger partial charge in [0.25, 0.3) is 0 Å². The van der Waals surface area contributed by atoms with Crippen molar-refractivity contribution >= 4 is 0 Å². The van der Waals surface area contributed by atoms with E-state index in [-0.39, 0.29) is 5.82 Å². The van der Waals surface area contributed by atoms with E-state index in [4.69, 9.17) is 5.73 Å². The predicted molar refractivity (Wildman–Crippen MR) is 65.8 cm³/mol. The van der Waals surface area contributed by atoms with Gasteiger partial charge in [-0.3, -0.25) is 4.98 Å². The Hall–Kier alpha value is -1.81. The van der Waals surface area contributed by atoms with Crippen LogP contribution in [0.5, 0.6) is 0 Å². The van der Waals surface area contributed by atoms with E-state index in [9.17, 15) is 8.78 Å². The SMILES string of the molecule is CC(N)(Cc1ccc(F)cc1)c1ccc(F)cn1. The van der Waals surface area contributed by atoms with Crippen molar-refractivity contribution in [2.75, 3.05) is 0 Å². The molecule has 0 radical (unpaired) electrons. The second-order valence-corrected chi connectivity index (χ2v) is 4.58. The maximum atomic E-state index is 12.8. The lowest BCUT2D eigenvalue weighted by molar-refractivity contribution is 0.472. The van der Waals surface area contributed by atoms with E-state index in [0.29, 0.717) is 12.1 Å². The molecule has 1 atom stereocenters. The number of nitrogens with two attached hydrogens (primary N) is 1. The Kier molecular flexibility index (Phi) is 3.39. The molecule has 1 heterocycles. The van der Waals surface area contributed by atoms with E-state index in [1.807, 2.05) is 6.92 Å². The zero-order valence-corrected chi connectivity index (χ0v) is 10.0. The molecular weight excluding hydrogens is 234 g/mol. The number of pyridine rings is 1. The number of hydrogen-bond acceptors (Lipinski definition) is 2. The monoisotopic (exact) mass is 248 g/mol. The Balaban J connectivity index is 2.20. The fourth-order valence-electron chi connectivity index (χ4n) is 1.83. The lowest BCUT2D eigenvalue weighted by Gasteiger charge is -2.24. The van der Waals surface area contributed by atoms with Crippen LogP contribution < -0.4 is 5.73 Å². The van der Waals surface area contributed by atoms with Gasteiger partial charge in [0.1, 0.15) is 11.6 Å². The van der Waals surface area contributed by atoms with Crippen molar-refractivity contribution in [3.8, 4) is 0 Å². The molecule has 2 nitrogen and oxygen atoms in total. The molecule has 2 aromatic rings. The molecular formula is C14H14F2N2. The molecule has 1 aromatic heterocycles. The first-order valence-corrected chi connectivity index (χ1v) is 5.63. The summed E-state index contributed by atoms with van der Waals surface area (Å²) in [6.07, 6.45) is 1.65. The summed E-state index contributed by atoms with van der Waals surface area (Å²) in [4.78, 5) is 3.99. The normalized spacial score (nSPS) is 14.2. The van der Waals surface area contributed by atoms with Crippen LogP contribution in [0.4, 0.5) is 8.78 Å². The van der Waals surface area contributed by atoms with Gasteiger partial charge in [0.2, 0.25) is 0 Å². The van der Waals surface area contributed by atoms with Crippen LogP contribution in [0.25, 0.3) is 0 Å². The largest absolute Gasteiger partial charge is 0.320 e. The Labute approximate surface area is 104 Å². The zero-order chi connectivity index (χ0) is 13.2. The molecule has 2 rings (SSSR count). The number of halogens is 2. The quantitative estimate of drug-likeness (QED) is 0.907. The molecule has 0 fully saturated rings. The van der Waals surface area contributed by atoms with Gasteiger partial charge in [0.05, 0.1) is 17.4 Å². The fourth-order valence-corrected chi connectivity index (χ4v) is 1.83. The molecule has 0 saturated heterocycles. The maximum absolute atomic E-state index is 12.8. The average molecular weight is 248 g/mol. The minimum Gasteiger partial charge on any atom is -0.320 e. The zero-order valence-electron chi connectivity index (χ0n) is 10.0. The molecule has 0 aliphatic carbocycles. The third-order valence-corrected chi connectivity index (χ3v) is 2.80. The number of nitrogens with zero attached hydrogens (tertiary/aromatic N) is 1. The number of hydrogen-bond donors (Lipinski definition) is 1. The van der Waals surface area contributed by atoms with E-state index < -0.39 is 11.4 Å². The van der Waals surface area contributed by atoms with E-state index in [0.717, 1.165) is 11.8 Å². The molecule has 1 aromatic carbocycles. The van der Waals surface area contributed by atoms with Crippen molar-refractivity contribution in [3.63, 3.8) is 0 Å². The second kappa shape index (κ2) is 4.82. The maximum Gasteiger partial charge on any atom is 0.141 e. The van der Waals surface area contributed by atoms with Crippen LogP contribution in [0.1, 0.15) is 18.2 Å². The van der Waals surface area contributed by atoms with E-state index in [1.54, 1.807) is 18.2 Å². The summed E-state index contributed by atoms with van der Waals surface area (Å²) in [5.41, 5.74) is 6.98. The fraction of sp³-hybridized carbons (Fsp3) is 0.214. The van der Waals surface area contributed by atoms with Crippen molar-refractivity contribution in [3.05, 3.63) is 65.5 Å². The molecule has 0 bridgehead atoms. The van der Waals surface area contributed by atoms with Gasteiger partial charge in [-0.15, -0.1) is 0 Å². The van der Waals surface area contributed by atoms with Crippen LogP contribution in [0.2, 0.25) is 0 Å². The lowest BCUT2D eigenvalue weighted by Crippen LogP contribution is -2.36. The number of aromatic nitrogens is 1. The highest BCUT2D eigenvalue weighted by Gasteiger charge is 2.23. The summed E-state index contributed by atoms with van der Waals surface area (Å²) in [5, 5.41) is 0. The number of rotatable bonds is 3. The van der Waals surface area contributed by atoms with E-state index in [2.05, 4.69) is 4.98 Å². The number of benzene rings is 1. The van der Waals surface area contributed by atoms with Crippen LogP contribution >= 0.6 is 0 Å². The van der Waals surface area contributed by atoms with Crippen molar-refractivity contribution in [1.29, 1.82) is 0 Å². The third kappa shape index (κ3) is 2.90. The van der Waals surface area contributed by atoms with Gasteiger partial charge in [-0.1, -0.05) is 12.1 Å². The first-order chi connectivity index (χ1) is 8.47. The molecule has 2 N–H and O–H groups in total. The smallest absolute Gasteiger partial charge is 0.141 e. The summed E-state index contributed by atoms with van der Waals surface area (Å²) in [5.74, 6) is -0.672. The minimum absolute atomic E-state index is 0.280. The molecule has 18 heavy (non-hydrogen) atoms. The Morgan fingerprint density at radius 3 is 2.22 bits per heavy atom. The summed E-state index contributed by atoms with van der Waals surface area (Å²) in [6.45, 7) is 1.82. The molecule has 0 aliphatic heterocycles. The van der Waals surface area contributed by atoms with Crippen molar-refractivity contribution in [1.82, 2.24) is 4.98 Å².